The molecule has 0 aromatic heterocycles. The Morgan fingerprint density at radius 3 is 2.04 bits per heavy atom. The fourth-order valence-electron chi connectivity index (χ4n) is 2.51. The van der Waals surface area contributed by atoms with Gasteiger partial charge in [-0.25, -0.2) is 8.78 Å². The molecule has 0 aliphatic rings. The summed E-state index contributed by atoms with van der Waals surface area (Å²) in [5, 5.41) is 1.31. The highest BCUT2D eigenvalue weighted by atomic mass is 19.2. The van der Waals surface area contributed by atoms with Gasteiger partial charge in [-0.3, -0.25) is 0 Å². The molecule has 0 amide bonds. The van der Waals surface area contributed by atoms with Crippen LogP contribution in [0.15, 0.2) is 54.6 Å². The fourth-order valence-corrected chi connectivity index (χ4v) is 2.51. The Hall–Kier alpha value is -2.66. The Bertz CT molecular complexity index is 897. The Kier molecular flexibility index (Phi) is 4.39. The molecule has 23 heavy (non-hydrogen) atoms. The molecule has 3 rings (SSSR count). The van der Waals surface area contributed by atoms with Crippen LogP contribution in [0.2, 0.25) is 0 Å². The lowest BCUT2D eigenvalue weighted by Crippen LogP contribution is -1.85. The summed E-state index contributed by atoms with van der Waals surface area (Å²) in [5.41, 5.74) is 3.03. The second-order valence-corrected chi connectivity index (χ2v) is 5.53. The summed E-state index contributed by atoms with van der Waals surface area (Å²) in [4.78, 5) is 0. The molecule has 0 bridgehead atoms. The Labute approximate surface area is 134 Å². The van der Waals surface area contributed by atoms with Crippen molar-refractivity contribution in [2.24, 2.45) is 0 Å². The first-order chi connectivity index (χ1) is 11.2. The van der Waals surface area contributed by atoms with Gasteiger partial charge in [-0.2, -0.15) is 0 Å². The number of rotatable bonds is 2. The quantitative estimate of drug-likeness (QED) is 0.551. The van der Waals surface area contributed by atoms with Crippen LogP contribution in [0.25, 0.3) is 10.8 Å². The van der Waals surface area contributed by atoms with E-state index in [1.165, 1.54) is 17.7 Å². The summed E-state index contributed by atoms with van der Waals surface area (Å²) < 4.78 is 26.5. The Morgan fingerprint density at radius 1 is 0.739 bits per heavy atom. The summed E-state index contributed by atoms with van der Waals surface area (Å²) in [6, 6.07) is 15.9. The molecule has 0 aliphatic carbocycles. The Morgan fingerprint density at radius 2 is 1.35 bits per heavy atom. The average Bonchev–Trinajstić information content (AvgIpc) is 2.56. The van der Waals surface area contributed by atoms with Gasteiger partial charge in [-0.05, 0) is 59.2 Å². The van der Waals surface area contributed by atoms with Gasteiger partial charge >= 0.3 is 0 Å². The van der Waals surface area contributed by atoms with E-state index in [1.54, 1.807) is 12.1 Å². The van der Waals surface area contributed by atoms with E-state index >= 15 is 0 Å². The van der Waals surface area contributed by atoms with E-state index in [2.05, 4.69) is 30.9 Å². The van der Waals surface area contributed by atoms with E-state index in [-0.39, 0.29) is 0 Å². The topological polar surface area (TPSA) is 0 Å². The van der Waals surface area contributed by atoms with Crippen molar-refractivity contribution in [3.63, 3.8) is 0 Å². The van der Waals surface area contributed by atoms with E-state index < -0.39 is 11.6 Å². The molecule has 3 aromatic carbocycles. The average molecular weight is 306 g/mol. The number of hydrogen-bond donors (Lipinski definition) is 0. The zero-order chi connectivity index (χ0) is 16.2. The smallest absolute Gasteiger partial charge is 0.159 e. The maximum Gasteiger partial charge on any atom is 0.159 e. The molecule has 0 heterocycles. The normalized spacial score (nSPS) is 10.4. The third kappa shape index (κ3) is 3.57. The van der Waals surface area contributed by atoms with Crippen molar-refractivity contribution in [3.05, 3.63) is 82.9 Å². The summed E-state index contributed by atoms with van der Waals surface area (Å²) in [5.74, 6) is 4.51. The molecule has 0 saturated heterocycles. The lowest BCUT2D eigenvalue weighted by Gasteiger charge is -2.00. The third-order valence-corrected chi connectivity index (χ3v) is 3.72. The minimum atomic E-state index is -0.839. The van der Waals surface area contributed by atoms with Crippen LogP contribution in [0.4, 0.5) is 8.78 Å². The van der Waals surface area contributed by atoms with Crippen LogP contribution in [0, 0.1) is 23.5 Å². The van der Waals surface area contributed by atoms with E-state index in [0.29, 0.717) is 10.8 Å². The first kappa shape index (κ1) is 15.2. The number of aryl methyl sites for hydroxylation is 1. The largest absolute Gasteiger partial charge is 0.204 e. The lowest BCUT2D eigenvalue weighted by molar-refractivity contribution is 0.511. The molecular formula is C21H16F2. The first-order valence-corrected chi connectivity index (χ1v) is 7.65. The molecule has 0 aliphatic heterocycles. The zero-order valence-corrected chi connectivity index (χ0v) is 12.9. The van der Waals surface area contributed by atoms with E-state index in [4.69, 9.17) is 0 Å². The molecule has 2 heteroatoms. The van der Waals surface area contributed by atoms with Gasteiger partial charge in [0, 0.05) is 11.1 Å². The van der Waals surface area contributed by atoms with Gasteiger partial charge in [0.2, 0.25) is 0 Å². The SMILES string of the molecule is CCCc1ccc(C#Cc2ccc3cc(F)c(F)cc3c2)cc1. The van der Waals surface area contributed by atoms with E-state index in [0.717, 1.165) is 24.0 Å². The van der Waals surface area contributed by atoms with E-state index in [1.807, 2.05) is 18.2 Å². The summed E-state index contributed by atoms with van der Waals surface area (Å²) in [7, 11) is 0. The predicted molar refractivity (Wildman–Crippen MR) is 90.3 cm³/mol. The maximum absolute atomic E-state index is 13.3. The molecule has 0 spiro atoms. The van der Waals surface area contributed by atoms with Crippen molar-refractivity contribution in [2.75, 3.05) is 0 Å². The fraction of sp³-hybridized carbons (Fsp3) is 0.143. The highest BCUT2D eigenvalue weighted by molar-refractivity contribution is 5.84. The number of benzene rings is 3. The van der Waals surface area contributed by atoms with Crippen molar-refractivity contribution in [3.8, 4) is 11.8 Å². The van der Waals surface area contributed by atoms with Gasteiger partial charge in [0.05, 0.1) is 0 Å². The summed E-state index contributed by atoms with van der Waals surface area (Å²) >= 11 is 0. The number of hydrogen-bond acceptors (Lipinski definition) is 0. The highest BCUT2D eigenvalue weighted by Crippen LogP contribution is 2.19. The molecule has 0 unspecified atom stereocenters. The van der Waals surface area contributed by atoms with Crippen LogP contribution in [0.1, 0.15) is 30.0 Å². The van der Waals surface area contributed by atoms with Gasteiger partial charge in [0.1, 0.15) is 0 Å². The second-order valence-electron chi connectivity index (χ2n) is 5.53. The van der Waals surface area contributed by atoms with Crippen LogP contribution < -0.4 is 0 Å². The Balaban J connectivity index is 1.88. The zero-order valence-electron chi connectivity index (χ0n) is 12.9. The highest BCUT2D eigenvalue weighted by Gasteiger charge is 2.03. The van der Waals surface area contributed by atoms with Crippen molar-refractivity contribution < 1.29 is 8.78 Å². The van der Waals surface area contributed by atoms with Gasteiger partial charge < -0.3 is 0 Å². The number of halogens is 2. The van der Waals surface area contributed by atoms with Crippen LogP contribution in [0.5, 0.6) is 0 Å². The molecule has 0 N–H and O–H groups in total. The number of fused-ring (bicyclic) bond motifs is 1. The third-order valence-electron chi connectivity index (χ3n) is 3.72. The van der Waals surface area contributed by atoms with Crippen molar-refractivity contribution in [2.45, 2.75) is 19.8 Å². The van der Waals surface area contributed by atoms with Gasteiger partial charge in [0.25, 0.3) is 0 Å². The predicted octanol–water partition coefficient (Wildman–Crippen LogP) is 5.47. The monoisotopic (exact) mass is 306 g/mol. The molecule has 0 nitrogen and oxygen atoms in total. The first-order valence-electron chi connectivity index (χ1n) is 7.65. The van der Waals surface area contributed by atoms with Crippen LogP contribution >= 0.6 is 0 Å². The van der Waals surface area contributed by atoms with E-state index in [9.17, 15) is 8.78 Å². The maximum atomic E-state index is 13.3. The van der Waals surface area contributed by atoms with Gasteiger partial charge in [-0.15, -0.1) is 0 Å². The van der Waals surface area contributed by atoms with Crippen molar-refractivity contribution in [1.82, 2.24) is 0 Å². The van der Waals surface area contributed by atoms with Crippen molar-refractivity contribution >= 4 is 10.8 Å². The molecule has 114 valence electrons. The molecule has 0 atom stereocenters. The van der Waals surface area contributed by atoms with Gasteiger partial charge in [-0.1, -0.05) is 43.4 Å². The molecule has 3 aromatic rings. The minimum Gasteiger partial charge on any atom is -0.204 e. The van der Waals surface area contributed by atoms with Crippen molar-refractivity contribution in [1.29, 1.82) is 0 Å². The van der Waals surface area contributed by atoms with Crippen LogP contribution in [0.3, 0.4) is 0 Å². The molecular weight excluding hydrogens is 290 g/mol. The molecule has 0 saturated carbocycles. The van der Waals surface area contributed by atoms with Crippen LogP contribution in [-0.4, -0.2) is 0 Å². The summed E-state index contributed by atoms with van der Waals surface area (Å²) in [6.45, 7) is 2.15. The standard InChI is InChI=1S/C21H16F2/c1-2-3-15-4-6-16(7-5-15)8-9-17-10-11-18-13-20(22)21(23)14-19(18)12-17/h4-7,10-14H,2-3H2,1H3. The summed E-state index contributed by atoms with van der Waals surface area (Å²) in [6.07, 6.45) is 2.19. The molecule has 0 radical (unpaired) electrons. The second kappa shape index (κ2) is 6.62. The lowest BCUT2D eigenvalue weighted by atomic mass is 10.1. The van der Waals surface area contributed by atoms with Gasteiger partial charge in [0.15, 0.2) is 11.6 Å². The minimum absolute atomic E-state index is 0.647. The van der Waals surface area contributed by atoms with Crippen LogP contribution in [-0.2, 0) is 6.42 Å². The molecule has 0 fully saturated rings.